The predicted octanol–water partition coefficient (Wildman–Crippen LogP) is 15.9. The number of esters is 1. The summed E-state index contributed by atoms with van der Waals surface area (Å²) in [6.45, 7) is 2.75. The van der Waals surface area contributed by atoms with E-state index in [9.17, 15) is 61.9 Å². The van der Waals surface area contributed by atoms with E-state index in [1.807, 2.05) is 0 Å². The first kappa shape index (κ1) is 52.3. The van der Waals surface area contributed by atoms with Gasteiger partial charge in [0.2, 0.25) is 0 Å². The first-order chi connectivity index (χ1) is 27.6. The Bertz CT molecular complexity index is 1470. The molecular weight excluding hydrogens is 832 g/mol. The molecule has 3 nitrogen and oxygen atoms in total. The van der Waals surface area contributed by atoms with Crippen LogP contribution in [0.5, 0.6) is 11.5 Å². The molecule has 0 amide bonds. The van der Waals surface area contributed by atoms with E-state index >= 15 is 0 Å². The van der Waals surface area contributed by atoms with Gasteiger partial charge >= 0.3 is 41.8 Å². The van der Waals surface area contributed by atoms with Gasteiger partial charge in [0.25, 0.3) is 0 Å². The highest BCUT2D eigenvalue weighted by molar-refractivity contribution is 7.99. The lowest BCUT2D eigenvalue weighted by atomic mass is 9.93. The fourth-order valence-corrected chi connectivity index (χ4v) is 7.01. The number of ether oxygens (including phenoxy) is 2. The van der Waals surface area contributed by atoms with Crippen molar-refractivity contribution in [1.82, 2.24) is 0 Å². The first-order valence-corrected chi connectivity index (χ1v) is 21.2. The van der Waals surface area contributed by atoms with Gasteiger partial charge in [0.1, 0.15) is 11.5 Å². The van der Waals surface area contributed by atoms with Gasteiger partial charge in [-0.25, -0.2) is 4.79 Å². The average molecular weight is 887 g/mol. The van der Waals surface area contributed by atoms with Gasteiger partial charge in [0, 0.05) is 17.1 Å². The van der Waals surface area contributed by atoms with E-state index in [4.69, 9.17) is 9.47 Å². The van der Waals surface area contributed by atoms with Crippen molar-refractivity contribution in [2.24, 2.45) is 0 Å². The molecule has 0 unspecified atom stereocenters. The van der Waals surface area contributed by atoms with Crippen LogP contribution in [0, 0.1) is 0 Å². The first-order valence-electron chi connectivity index (χ1n) is 20.3. The van der Waals surface area contributed by atoms with Crippen molar-refractivity contribution in [3.05, 3.63) is 54.1 Å². The summed E-state index contributed by atoms with van der Waals surface area (Å²) in [7, 11) is 0. The van der Waals surface area contributed by atoms with Gasteiger partial charge in [-0.2, -0.15) is 57.1 Å². The molecule has 0 spiro atoms. The lowest BCUT2D eigenvalue weighted by molar-refractivity contribution is -0.439. The Balaban J connectivity index is 1.63. The molecule has 17 heteroatoms. The van der Waals surface area contributed by atoms with Gasteiger partial charge < -0.3 is 9.47 Å². The normalized spacial score (nSPS) is 13.2. The predicted molar refractivity (Wildman–Crippen MR) is 203 cm³/mol. The molecule has 0 fully saturated rings. The fourth-order valence-electron chi connectivity index (χ4n) is 6.08. The molecular formula is C42H55F13O3S. The van der Waals surface area contributed by atoms with Crippen LogP contribution < -0.4 is 9.47 Å². The van der Waals surface area contributed by atoms with Crippen LogP contribution in [-0.2, 0) is 0 Å². The highest BCUT2D eigenvalue weighted by Crippen LogP contribution is 2.60. The van der Waals surface area contributed by atoms with Crippen LogP contribution in [0.4, 0.5) is 57.1 Å². The summed E-state index contributed by atoms with van der Waals surface area (Å²) in [6, 6.07) is 10.7. The van der Waals surface area contributed by atoms with Crippen LogP contribution in [0.2, 0.25) is 0 Å². The zero-order valence-corrected chi connectivity index (χ0v) is 34.0. The maximum atomic E-state index is 14.1. The minimum absolute atomic E-state index is 0.0103. The Kier molecular flexibility index (Phi) is 21.8. The molecule has 0 aliphatic rings. The zero-order chi connectivity index (χ0) is 44.2. The third-order valence-corrected chi connectivity index (χ3v) is 10.8. The van der Waals surface area contributed by atoms with Crippen molar-refractivity contribution >= 4 is 17.7 Å². The van der Waals surface area contributed by atoms with Crippen LogP contribution >= 0.6 is 11.8 Å². The summed E-state index contributed by atoms with van der Waals surface area (Å²) in [5.74, 6) is -38.4. The van der Waals surface area contributed by atoms with Crippen molar-refractivity contribution in [2.75, 3.05) is 12.4 Å². The second-order valence-corrected chi connectivity index (χ2v) is 15.9. The maximum Gasteiger partial charge on any atom is 0.460 e. The summed E-state index contributed by atoms with van der Waals surface area (Å²) in [4.78, 5) is 12.6. The van der Waals surface area contributed by atoms with Gasteiger partial charge in [-0.05, 0) is 55.0 Å². The van der Waals surface area contributed by atoms with Crippen LogP contribution in [0.25, 0.3) is 0 Å². The van der Waals surface area contributed by atoms with Crippen molar-refractivity contribution in [3.8, 4) is 11.5 Å². The molecule has 0 aliphatic carbocycles. The van der Waals surface area contributed by atoms with E-state index in [-0.39, 0.29) is 16.2 Å². The van der Waals surface area contributed by atoms with E-state index < -0.39 is 53.9 Å². The average Bonchev–Trinajstić information content (AvgIpc) is 3.17. The number of carbonyl (C=O) groups is 1. The fraction of sp³-hybridized carbons (Fsp3) is 0.690. The summed E-state index contributed by atoms with van der Waals surface area (Å²) >= 11 is 0.308. The third kappa shape index (κ3) is 15.8. The smallest absolute Gasteiger partial charge is 0.460 e. The quantitative estimate of drug-likeness (QED) is 0.0248. The Labute approximate surface area is 342 Å². The molecule has 59 heavy (non-hydrogen) atoms. The van der Waals surface area contributed by atoms with Gasteiger partial charge in [-0.15, -0.1) is 11.8 Å². The minimum atomic E-state index is -7.92. The molecule has 0 saturated heterocycles. The molecule has 2 rings (SSSR count). The Morgan fingerprint density at radius 1 is 0.492 bits per heavy atom. The minimum Gasteiger partial charge on any atom is -0.494 e. The van der Waals surface area contributed by atoms with Crippen molar-refractivity contribution in [2.45, 2.75) is 176 Å². The SMILES string of the molecule is CCCCCCCCCCCCCCCCCCCCCOc1ccc(C(=O)Oc2ccc(SCCC(F)(F)C(F)(F)C(F)(F)C(F)(F)C(F)(F)C(F)(F)F)cc2)cc1. The third-order valence-electron chi connectivity index (χ3n) is 9.82. The second-order valence-electron chi connectivity index (χ2n) is 14.7. The number of alkyl halides is 13. The second kappa shape index (κ2) is 24.6. The van der Waals surface area contributed by atoms with Gasteiger partial charge in [0.15, 0.2) is 0 Å². The van der Waals surface area contributed by atoms with E-state index in [1.165, 1.54) is 127 Å². The number of hydrogen-bond acceptors (Lipinski definition) is 4. The largest absolute Gasteiger partial charge is 0.494 e. The van der Waals surface area contributed by atoms with Crippen molar-refractivity contribution < 1.29 is 71.3 Å². The molecule has 0 aromatic heterocycles. The number of carbonyl (C=O) groups excluding carboxylic acids is 1. The molecule has 2 aromatic rings. The molecule has 0 aliphatic heterocycles. The topological polar surface area (TPSA) is 35.5 Å². The van der Waals surface area contributed by atoms with Crippen LogP contribution in [0.3, 0.4) is 0 Å². The van der Waals surface area contributed by atoms with Crippen LogP contribution in [0.1, 0.15) is 146 Å². The Morgan fingerprint density at radius 3 is 1.31 bits per heavy atom. The van der Waals surface area contributed by atoms with Crippen LogP contribution in [0.15, 0.2) is 53.4 Å². The molecule has 2 aromatic carbocycles. The summed E-state index contributed by atoms with van der Waals surface area (Å²) in [5, 5.41) is 0. The molecule has 338 valence electrons. The summed E-state index contributed by atoms with van der Waals surface area (Å²) in [5.41, 5.74) is 0.151. The number of thioether (sulfide) groups is 1. The number of halogens is 13. The molecule has 0 saturated carbocycles. The summed E-state index contributed by atoms with van der Waals surface area (Å²) < 4.78 is 184. The van der Waals surface area contributed by atoms with E-state index in [2.05, 4.69) is 6.92 Å². The molecule has 0 atom stereocenters. The lowest BCUT2D eigenvalue weighted by Gasteiger charge is -2.39. The maximum absolute atomic E-state index is 14.1. The van der Waals surface area contributed by atoms with Crippen LogP contribution in [-0.4, -0.2) is 54.1 Å². The zero-order valence-electron chi connectivity index (χ0n) is 33.2. The molecule has 0 radical (unpaired) electrons. The van der Waals surface area contributed by atoms with Crippen molar-refractivity contribution in [3.63, 3.8) is 0 Å². The summed E-state index contributed by atoms with van der Waals surface area (Å²) in [6.07, 6.45) is 14.6. The highest BCUT2D eigenvalue weighted by Gasteiger charge is 2.90. The standard InChI is InChI=1S/C42H55F13O3S/c1-2-3-4-5-6-7-8-9-10-11-12-13-14-15-16-17-18-19-20-30-57-33-23-21-32(22-24-33)36(56)58-34-25-27-35(28-26-34)59-31-29-37(43,44)38(45,46)39(47,48)40(49,50)41(51,52)42(53,54)55/h21-28H,2-20,29-31H2,1H3. The van der Waals surface area contributed by atoms with E-state index in [0.29, 0.717) is 24.1 Å². The molecule has 0 bridgehead atoms. The van der Waals surface area contributed by atoms with E-state index in [0.717, 1.165) is 31.4 Å². The van der Waals surface area contributed by atoms with E-state index in [1.54, 1.807) is 12.1 Å². The highest BCUT2D eigenvalue weighted by atomic mass is 32.2. The Morgan fingerprint density at radius 2 is 0.881 bits per heavy atom. The lowest BCUT2D eigenvalue weighted by Crippen LogP contribution is -2.70. The Hall–Kier alpha value is -2.85. The number of hydrogen-bond donors (Lipinski definition) is 0. The number of rotatable bonds is 31. The number of unbranched alkanes of at least 4 members (excludes halogenated alkanes) is 18. The van der Waals surface area contributed by atoms with Gasteiger partial charge in [0.05, 0.1) is 12.2 Å². The molecule has 0 N–H and O–H groups in total. The van der Waals surface area contributed by atoms with Gasteiger partial charge in [-0.1, -0.05) is 122 Å². The monoisotopic (exact) mass is 886 g/mol. The number of benzene rings is 2. The van der Waals surface area contributed by atoms with Crippen molar-refractivity contribution in [1.29, 1.82) is 0 Å². The van der Waals surface area contributed by atoms with Gasteiger partial charge in [-0.3, -0.25) is 0 Å². The molecule has 0 heterocycles.